The molecule has 0 radical (unpaired) electrons. The van der Waals surface area contributed by atoms with E-state index in [1.807, 2.05) is 56.3 Å². The van der Waals surface area contributed by atoms with Crippen LogP contribution in [-0.4, -0.2) is 0 Å². The van der Waals surface area contributed by atoms with Crippen LogP contribution in [0, 0.1) is 13.8 Å². The molecule has 70 valence electrons. The van der Waals surface area contributed by atoms with Gasteiger partial charge in [-0.1, -0.05) is 26.0 Å². The van der Waals surface area contributed by atoms with E-state index >= 15 is 0 Å². The second-order valence-corrected chi connectivity index (χ2v) is 2.69. The van der Waals surface area contributed by atoms with E-state index in [1.54, 1.807) is 0 Å². The minimum Gasteiger partial charge on any atom is -0.665 e. The molecular formula is C11H13FeN. The van der Waals surface area contributed by atoms with Gasteiger partial charge in [0, 0.05) is 0 Å². The molecule has 2 aromatic rings. The zero-order valence-corrected chi connectivity index (χ0v) is 8.95. The van der Waals surface area contributed by atoms with Gasteiger partial charge in [-0.05, 0) is 0 Å². The van der Waals surface area contributed by atoms with Crippen molar-refractivity contribution in [2.45, 2.75) is 13.8 Å². The molecule has 1 nitrogen and oxygen atoms in total. The van der Waals surface area contributed by atoms with Crippen molar-refractivity contribution in [3.63, 3.8) is 0 Å². The molecule has 0 fully saturated rings. The van der Waals surface area contributed by atoms with Crippen molar-refractivity contribution in [1.29, 1.82) is 0 Å². The molecule has 0 amide bonds. The molecule has 13 heavy (non-hydrogen) atoms. The van der Waals surface area contributed by atoms with Gasteiger partial charge < -0.3 is 4.98 Å². The predicted octanol–water partition coefficient (Wildman–Crippen LogP) is 2.66. The Bertz CT molecular complexity index is 262. The number of nitrogens with zero attached hydrogens (tertiary/aromatic N) is 1. The van der Waals surface area contributed by atoms with Crippen LogP contribution in [0.4, 0.5) is 0 Å². The van der Waals surface area contributed by atoms with Crippen LogP contribution in [0.1, 0.15) is 11.4 Å². The predicted molar refractivity (Wildman–Crippen MR) is 51.3 cm³/mol. The average molecular weight is 215 g/mol. The Labute approximate surface area is 90.0 Å². The minimum absolute atomic E-state index is 0. The SMILES string of the molecule is Cc1ccc(C)[n-]1.[Fe+2].c1cc[cH-]c1. The summed E-state index contributed by atoms with van der Waals surface area (Å²) < 4.78 is 0. The maximum Gasteiger partial charge on any atom is 2.00 e. The Morgan fingerprint density at radius 2 is 1.46 bits per heavy atom. The molecule has 0 aliphatic rings. The van der Waals surface area contributed by atoms with Crippen LogP contribution in [0.5, 0.6) is 0 Å². The molecule has 2 heteroatoms. The Balaban J connectivity index is 0.000000215. The Kier molecular flexibility index (Phi) is 6.21. The van der Waals surface area contributed by atoms with Gasteiger partial charge in [-0.3, -0.25) is 0 Å². The molecule has 1 aromatic carbocycles. The second-order valence-electron chi connectivity index (χ2n) is 2.69. The molecule has 1 aromatic heterocycles. The molecule has 0 saturated carbocycles. The zero-order valence-electron chi connectivity index (χ0n) is 7.84. The Hall–Kier alpha value is -0.851. The molecule has 0 aliphatic heterocycles. The quantitative estimate of drug-likeness (QED) is 0.486. The molecule has 0 bridgehead atoms. The first kappa shape index (κ1) is 12.1. The maximum absolute atomic E-state index is 4.11. The minimum atomic E-state index is 0. The van der Waals surface area contributed by atoms with Gasteiger partial charge >= 0.3 is 17.1 Å². The van der Waals surface area contributed by atoms with Gasteiger partial charge in [0.2, 0.25) is 0 Å². The molecule has 1 heterocycles. The van der Waals surface area contributed by atoms with Crippen molar-refractivity contribution in [3.05, 3.63) is 53.9 Å². The Morgan fingerprint density at radius 1 is 1.00 bits per heavy atom. The van der Waals surface area contributed by atoms with E-state index in [0.29, 0.717) is 0 Å². The van der Waals surface area contributed by atoms with E-state index in [9.17, 15) is 0 Å². The first-order chi connectivity index (χ1) is 5.79. The molecule has 0 spiro atoms. The van der Waals surface area contributed by atoms with Gasteiger partial charge in [-0.25, -0.2) is 12.1 Å². The standard InChI is InChI=1S/C6H8N.C5H5.Fe/c1-5-3-4-6(2)7-5;1-2-4-5-3-1;/h3-4H,1-2H3;1-5H;/q2*-1;+2. The van der Waals surface area contributed by atoms with Gasteiger partial charge in [0.15, 0.2) is 0 Å². The second kappa shape index (κ2) is 6.64. The fraction of sp³-hybridized carbons (Fsp3) is 0.182. The van der Waals surface area contributed by atoms with Crippen LogP contribution in [0.3, 0.4) is 0 Å². The van der Waals surface area contributed by atoms with Gasteiger partial charge in [-0.2, -0.15) is 29.6 Å². The number of aromatic nitrogens is 1. The Morgan fingerprint density at radius 3 is 1.62 bits per heavy atom. The van der Waals surface area contributed by atoms with Crippen molar-refractivity contribution < 1.29 is 17.1 Å². The summed E-state index contributed by atoms with van der Waals surface area (Å²) in [6.45, 7) is 3.99. The largest absolute Gasteiger partial charge is 2.00 e. The monoisotopic (exact) mass is 215 g/mol. The summed E-state index contributed by atoms with van der Waals surface area (Å²) in [6, 6.07) is 14.0. The van der Waals surface area contributed by atoms with Crippen molar-refractivity contribution in [1.82, 2.24) is 4.98 Å². The van der Waals surface area contributed by atoms with Crippen molar-refractivity contribution in [2.75, 3.05) is 0 Å². The number of aryl methyl sites for hydroxylation is 2. The molecule has 0 unspecified atom stereocenters. The molecule has 0 aliphatic carbocycles. The van der Waals surface area contributed by atoms with Crippen molar-refractivity contribution >= 4 is 0 Å². The topological polar surface area (TPSA) is 14.1 Å². The van der Waals surface area contributed by atoms with Crippen molar-refractivity contribution in [3.8, 4) is 0 Å². The van der Waals surface area contributed by atoms with Gasteiger partial charge in [0.25, 0.3) is 0 Å². The summed E-state index contributed by atoms with van der Waals surface area (Å²) >= 11 is 0. The smallest absolute Gasteiger partial charge is 0.665 e. The molecular weight excluding hydrogens is 202 g/mol. The van der Waals surface area contributed by atoms with E-state index in [-0.39, 0.29) is 17.1 Å². The van der Waals surface area contributed by atoms with Crippen LogP contribution in [0.2, 0.25) is 0 Å². The van der Waals surface area contributed by atoms with Crippen LogP contribution >= 0.6 is 0 Å². The van der Waals surface area contributed by atoms with E-state index < -0.39 is 0 Å². The summed E-state index contributed by atoms with van der Waals surface area (Å²) in [5, 5.41) is 0. The maximum atomic E-state index is 4.11. The summed E-state index contributed by atoms with van der Waals surface area (Å²) in [5.41, 5.74) is 2.22. The fourth-order valence-electron chi connectivity index (χ4n) is 0.915. The summed E-state index contributed by atoms with van der Waals surface area (Å²) in [4.78, 5) is 4.11. The van der Waals surface area contributed by atoms with E-state index in [1.165, 1.54) is 0 Å². The van der Waals surface area contributed by atoms with Gasteiger partial charge in [-0.15, -0.1) is 0 Å². The third-order valence-electron chi connectivity index (χ3n) is 1.47. The fourth-order valence-corrected chi connectivity index (χ4v) is 0.915. The third kappa shape index (κ3) is 5.40. The molecule has 0 N–H and O–H groups in total. The van der Waals surface area contributed by atoms with Gasteiger partial charge in [0.05, 0.1) is 0 Å². The first-order valence-electron chi connectivity index (χ1n) is 4.02. The van der Waals surface area contributed by atoms with Crippen LogP contribution in [0.15, 0.2) is 42.5 Å². The zero-order chi connectivity index (χ0) is 8.81. The summed E-state index contributed by atoms with van der Waals surface area (Å²) in [5.74, 6) is 0. The average Bonchev–Trinajstić information content (AvgIpc) is 2.63. The van der Waals surface area contributed by atoms with Crippen molar-refractivity contribution in [2.24, 2.45) is 0 Å². The molecule has 0 atom stereocenters. The van der Waals surface area contributed by atoms with E-state index in [2.05, 4.69) is 4.98 Å². The third-order valence-corrected chi connectivity index (χ3v) is 1.47. The summed E-state index contributed by atoms with van der Waals surface area (Å²) in [7, 11) is 0. The number of hydrogen-bond acceptors (Lipinski definition) is 0. The van der Waals surface area contributed by atoms with Gasteiger partial charge in [0.1, 0.15) is 0 Å². The van der Waals surface area contributed by atoms with E-state index in [4.69, 9.17) is 0 Å². The molecule has 0 saturated heterocycles. The summed E-state index contributed by atoms with van der Waals surface area (Å²) in [6.07, 6.45) is 0. The van der Waals surface area contributed by atoms with Crippen LogP contribution in [0.25, 0.3) is 0 Å². The normalized spacial score (nSPS) is 8.15. The number of hydrogen-bond donors (Lipinski definition) is 0. The van der Waals surface area contributed by atoms with Crippen LogP contribution < -0.4 is 4.98 Å². The van der Waals surface area contributed by atoms with Crippen LogP contribution in [-0.2, 0) is 17.1 Å². The number of rotatable bonds is 0. The molecule has 2 rings (SSSR count). The first-order valence-corrected chi connectivity index (χ1v) is 4.02. The van der Waals surface area contributed by atoms with E-state index in [0.717, 1.165) is 11.4 Å².